The van der Waals surface area contributed by atoms with Gasteiger partial charge in [-0.25, -0.2) is 19.9 Å². The summed E-state index contributed by atoms with van der Waals surface area (Å²) in [6, 6.07) is 33.2. The zero-order valence-corrected chi connectivity index (χ0v) is 32.5. The molecule has 0 aliphatic rings. The number of benzene rings is 4. The molecular weight excluding hydrogens is 876 g/mol. The van der Waals surface area contributed by atoms with Crippen molar-refractivity contribution in [2.45, 2.75) is 51.9 Å². The Labute approximate surface area is 323 Å². The molecule has 0 aliphatic carbocycles. The SMILES string of the molecule is O=[N+]([O-])[O-].O=[N+]([O-])[O-].[Pb+2].c1ccc2c(c1)ncn2CCCCn1cnc2ccccc21.c1ccc2c(c1)ncn2CCCCn1cnc2ccccc21. The zero-order valence-electron chi connectivity index (χ0n) is 28.6. The Morgan fingerprint density at radius 2 is 0.585 bits per heavy atom. The van der Waals surface area contributed by atoms with Crippen molar-refractivity contribution < 1.29 is 10.2 Å². The molecule has 17 heteroatoms. The predicted octanol–water partition coefficient (Wildman–Crippen LogP) is 6.87. The van der Waals surface area contributed by atoms with Crippen LogP contribution in [0.4, 0.5) is 0 Å². The second-order valence-electron chi connectivity index (χ2n) is 11.6. The molecule has 16 nitrogen and oxygen atoms in total. The standard InChI is InChI=1S/2C18H18N4.2NO3.Pb/c2*1-3-9-17-15(7-1)19-13-21(17)11-5-6-12-22-14-20-16-8-2-4-10-18(16)22;2*2-1(3)4;/h2*1-4,7-10,13-14H,5-6,11-12H2;;;/q;;2*-1;+2. The van der Waals surface area contributed by atoms with Gasteiger partial charge in [0.05, 0.1) is 79.6 Å². The van der Waals surface area contributed by atoms with Crippen LogP contribution < -0.4 is 0 Å². The van der Waals surface area contributed by atoms with Crippen LogP contribution in [0, 0.1) is 30.6 Å². The first-order valence-corrected chi connectivity index (χ1v) is 16.5. The summed E-state index contributed by atoms with van der Waals surface area (Å²) in [5.41, 5.74) is 9.16. The van der Waals surface area contributed by atoms with E-state index in [2.05, 4.69) is 111 Å². The number of aromatic nitrogens is 8. The first-order chi connectivity index (χ1) is 25.3. The Morgan fingerprint density at radius 3 is 0.792 bits per heavy atom. The molecule has 0 unspecified atom stereocenters. The van der Waals surface area contributed by atoms with E-state index in [1.165, 1.54) is 22.1 Å². The van der Waals surface area contributed by atoms with E-state index in [0.29, 0.717) is 0 Å². The average Bonchev–Trinajstić information content (AvgIpc) is 3.94. The van der Waals surface area contributed by atoms with Crippen LogP contribution in [-0.4, -0.2) is 75.7 Å². The molecule has 4 aromatic carbocycles. The van der Waals surface area contributed by atoms with Crippen LogP contribution in [0.25, 0.3) is 44.1 Å². The maximum atomic E-state index is 8.25. The second-order valence-corrected chi connectivity index (χ2v) is 11.6. The Morgan fingerprint density at radius 1 is 0.396 bits per heavy atom. The number of para-hydroxylation sites is 8. The van der Waals surface area contributed by atoms with Crippen molar-refractivity contribution in [3.8, 4) is 0 Å². The Balaban J connectivity index is 0.000000194. The van der Waals surface area contributed by atoms with Crippen molar-refractivity contribution >= 4 is 71.4 Å². The molecule has 0 spiro atoms. The number of nitrogens with zero attached hydrogens (tertiary/aromatic N) is 10. The van der Waals surface area contributed by atoms with E-state index >= 15 is 0 Å². The summed E-state index contributed by atoms with van der Waals surface area (Å²) < 4.78 is 8.95. The summed E-state index contributed by atoms with van der Waals surface area (Å²) in [7, 11) is 0. The fourth-order valence-corrected chi connectivity index (χ4v) is 5.88. The summed E-state index contributed by atoms with van der Waals surface area (Å²) in [5, 5.41) is 29.5. The molecule has 8 rings (SSSR count). The maximum Gasteiger partial charge on any atom is 2.00 e. The van der Waals surface area contributed by atoms with Crippen molar-refractivity contribution in [3.63, 3.8) is 0 Å². The molecular formula is C36H36N10O6Pb. The third-order valence-corrected chi connectivity index (χ3v) is 8.21. The molecule has 0 amide bonds. The number of aryl methyl sites for hydroxylation is 4. The first kappa shape index (κ1) is 39.9. The number of imidazole rings is 4. The van der Waals surface area contributed by atoms with Crippen molar-refractivity contribution in [2.75, 3.05) is 0 Å². The number of hydrogen-bond acceptors (Lipinski definition) is 10. The minimum Gasteiger partial charge on any atom is -0.356 e. The van der Waals surface area contributed by atoms with Gasteiger partial charge in [0.1, 0.15) is 0 Å². The third kappa shape index (κ3) is 11.5. The van der Waals surface area contributed by atoms with Crippen molar-refractivity contribution in [3.05, 3.63) is 153 Å². The van der Waals surface area contributed by atoms with E-state index in [9.17, 15) is 0 Å². The summed E-state index contributed by atoms with van der Waals surface area (Å²) in [6.45, 7) is 4.03. The van der Waals surface area contributed by atoms with Crippen LogP contribution in [0.2, 0.25) is 0 Å². The van der Waals surface area contributed by atoms with Gasteiger partial charge in [-0.3, -0.25) is 0 Å². The van der Waals surface area contributed by atoms with Crippen molar-refractivity contribution in [1.82, 2.24) is 38.2 Å². The largest absolute Gasteiger partial charge is 2.00 e. The number of hydrogen-bond donors (Lipinski definition) is 0. The number of rotatable bonds is 10. The van der Waals surface area contributed by atoms with Crippen LogP contribution in [0.3, 0.4) is 0 Å². The van der Waals surface area contributed by atoms with Crippen molar-refractivity contribution in [2.24, 2.45) is 0 Å². The topological polar surface area (TPSA) is 204 Å². The Hall–Kier alpha value is -5.92. The van der Waals surface area contributed by atoms with Gasteiger partial charge in [-0.1, -0.05) is 48.5 Å². The first-order valence-electron chi connectivity index (χ1n) is 16.5. The van der Waals surface area contributed by atoms with Crippen LogP contribution >= 0.6 is 0 Å². The average molecular weight is 912 g/mol. The normalized spacial score (nSPS) is 10.4. The van der Waals surface area contributed by atoms with Gasteiger partial charge in [0.15, 0.2) is 0 Å². The van der Waals surface area contributed by atoms with Gasteiger partial charge in [-0.15, -0.1) is 0 Å². The molecule has 8 aromatic rings. The van der Waals surface area contributed by atoms with Gasteiger partial charge in [0.2, 0.25) is 0 Å². The number of unbranched alkanes of at least 4 members (excludes halogenated alkanes) is 2. The molecule has 0 fully saturated rings. The number of fused-ring (bicyclic) bond motifs is 4. The quantitative estimate of drug-likeness (QED) is 0.0603. The van der Waals surface area contributed by atoms with Gasteiger partial charge < -0.3 is 48.9 Å². The maximum absolute atomic E-state index is 8.25. The molecule has 4 aromatic heterocycles. The minimum absolute atomic E-state index is 0. The summed E-state index contributed by atoms with van der Waals surface area (Å²) in [4.78, 5) is 34.2. The fraction of sp³-hybridized carbons (Fsp3) is 0.222. The van der Waals surface area contributed by atoms with Crippen LogP contribution in [0.5, 0.6) is 0 Å². The molecule has 0 N–H and O–H groups in total. The van der Waals surface area contributed by atoms with Crippen LogP contribution in [0.1, 0.15) is 25.7 Å². The van der Waals surface area contributed by atoms with Crippen molar-refractivity contribution in [1.29, 1.82) is 0 Å². The van der Waals surface area contributed by atoms with Gasteiger partial charge in [0, 0.05) is 26.2 Å². The van der Waals surface area contributed by atoms with Gasteiger partial charge in [-0.2, -0.15) is 0 Å². The summed E-state index contributed by atoms with van der Waals surface area (Å²) in [5.74, 6) is 0. The zero-order chi connectivity index (χ0) is 36.7. The minimum atomic E-state index is -1.75. The Kier molecular flexibility index (Phi) is 15.2. The van der Waals surface area contributed by atoms with E-state index in [-0.39, 0.29) is 27.3 Å². The molecule has 0 aliphatic heterocycles. The van der Waals surface area contributed by atoms with E-state index in [0.717, 1.165) is 73.9 Å². The third-order valence-electron chi connectivity index (χ3n) is 8.21. The van der Waals surface area contributed by atoms with Gasteiger partial charge in [0.25, 0.3) is 0 Å². The van der Waals surface area contributed by atoms with E-state index in [1.54, 1.807) is 0 Å². The molecule has 0 saturated carbocycles. The molecule has 0 atom stereocenters. The van der Waals surface area contributed by atoms with Gasteiger partial charge >= 0.3 is 27.3 Å². The molecule has 0 saturated heterocycles. The van der Waals surface area contributed by atoms with Crippen LogP contribution in [0.15, 0.2) is 122 Å². The monoisotopic (exact) mass is 912 g/mol. The summed E-state index contributed by atoms with van der Waals surface area (Å²) >= 11 is 0. The predicted molar refractivity (Wildman–Crippen MR) is 204 cm³/mol. The molecule has 4 heterocycles. The smallest absolute Gasteiger partial charge is 0.356 e. The summed E-state index contributed by atoms with van der Waals surface area (Å²) in [6.07, 6.45) is 12.3. The molecule has 270 valence electrons. The second kappa shape index (κ2) is 20.2. The molecule has 0 bridgehead atoms. The molecule has 2 radical (unpaired) electrons. The molecule has 53 heavy (non-hydrogen) atoms. The van der Waals surface area contributed by atoms with E-state index in [4.69, 9.17) is 30.6 Å². The van der Waals surface area contributed by atoms with Crippen LogP contribution in [-0.2, 0) is 26.2 Å². The van der Waals surface area contributed by atoms with E-state index < -0.39 is 10.2 Å². The fourth-order valence-electron chi connectivity index (χ4n) is 5.88. The van der Waals surface area contributed by atoms with E-state index in [1.807, 2.05) is 49.6 Å². The van der Waals surface area contributed by atoms with Gasteiger partial charge in [-0.05, 0) is 74.2 Å². The Bertz CT molecular complexity index is 2030.